The Morgan fingerprint density at radius 1 is 0.833 bits per heavy atom. The number of rotatable bonds is 0. The molecule has 66 valence electrons. The van der Waals surface area contributed by atoms with E-state index in [2.05, 4.69) is 27.7 Å². The van der Waals surface area contributed by atoms with Crippen molar-refractivity contribution in [3.8, 4) is 0 Å². The molecule has 0 saturated heterocycles. The molecule has 0 fully saturated rings. The summed E-state index contributed by atoms with van der Waals surface area (Å²) in [5.74, 6) is -1.01. The Morgan fingerprint density at radius 2 is 1.33 bits per heavy atom. The minimum Gasteiger partial charge on any atom is -0.206 e. The van der Waals surface area contributed by atoms with Crippen molar-refractivity contribution < 1.29 is 8.78 Å². The molecule has 0 bridgehead atoms. The lowest BCUT2D eigenvalue weighted by Crippen LogP contribution is -2.27. The van der Waals surface area contributed by atoms with Gasteiger partial charge in [0.1, 0.15) is 11.6 Å². The zero-order valence-corrected chi connectivity index (χ0v) is 9.95. The monoisotopic (exact) mass is 224 g/mol. The number of halogens is 2. The molecule has 3 atom stereocenters. The van der Waals surface area contributed by atoms with Gasteiger partial charge in [0.2, 0.25) is 0 Å². The van der Waals surface area contributed by atoms with Gasteiger partial charge in [-0.3, -0.25) is 0 Å². The van der Waals surface area contributed by atoms with Crippen LogP contribution in [0.2, 0.25) is 0 Å². The molecule has 0 N–H and O–H groups in total. The molecule has 1 aromatic carbocycles. The fourth-order valence-electron chi connectivity index (χ4n) is 0.882. The normalized spacial score (nSPS) is 10.5. The van der Waals surface area contributed by atoms with Gasteiger partial charge < -0.3 is 0 Å². The molecule has 3 unspecified atom stereocenters. The third kappa shape index (κ3) is 1.53. The van der Waals surface area contributed by atoms with Crippen molar-refractivity contribution >= 4 is 43.6 Å². The average Bonchev–Trinajstić information content (AvgIpc) is 2.08. The lowest BCUT2D eigenvalue weighted by atomic mass is 10.2. The molecule has 5 heteroatoms. The summed E-state index contributed by atoms with van der Waals surface area (Å²) in [7, 11) is 6.65. The highest BCUT2D eigenvalue weighted by Crippen LogP contribution is 2.10. The van der Waals surface area contributed by atoms with Gasteiger partial charge in [0, 0.05) is 10.6 Å². The van der Waals surface area contributed by atoms with Crippen molar-refractivity contribution in [2.24, 2.45) is 0 Å². The van der Waals surface area contributed by atoms with Crippen molar-refractivity contribution in [1.29, 1.82) is 0 Å². The highest BCUT2D eigenvalue weighted by molar-refractivity contribution is 7.36. The summed E-state index contributed by atoms with van der Waals surface area (Å²) in [5, 5.41) is 0.980. The van der Waals surface area contributed by atoms with Crippen LogP contribution in [0.4, 0.5) is 8.78 Å². The predicted octanol–water partition coefficient (Wildman–Crippen LogP) is 0.774. The van der Waals surface area contributed by atoms with E-state index in [0.717, 1.165) is 0 Å². The first kappa shape index (κ1) is 10.5. The van der Waals surface area contributed by atoms with Gasteiger partial charge in [-0.25, -0.2) is 8.78 Å². The summed E-state index contributed by atoms with van der Waals surface area (Å²) >= 11 is 0. The number of benzene rings is 1. The molecule has 1 rings (SSSR count). The first-order valence-electron chi connectivity index (χ1n) is 3.24. The van der Waals surface area contributed by atoms with E-state index < -0.39 is 11.6 Å². The van der Waals surface area contributed by atoms with Gasteiger partial charge in [0.15, 0.2) is 0 Å². The van der Waals surface area contributed by atoms with Crippen LogP contribution in [0.3, 0.4) is 0 Å². The summed E-state index contributed by atoms with van der Waals surface area (Å²) in [5.41, 5.74) is 0.469. The summed E-state index contributed by atoms with van der Waals surface area (Å²) in [6.07, 6.45) is 0. The Morgan fingerprint density at radius 3 is 1.83 bits per heavy atom. The smallest absolute Gasteiger partial charge is 0.141 e. The van der Waals surface area contributed by atoms with E-state index >= 15 is 0 Å². The lowest BCUT2D eigenvalue weighted by Gasteiger charge is -2.09. The van der Waals surface area contributed by atoms with Gasteiger partial charge in [-0.15, -0.1) is 18.5 Å². The van der Waals surface area contributed by atoms with Crippen LogP contribution in [-0.2, 0) is 0 Å². The molecular formula is C7H9F2P3. The van der Waals surface area contributed by atoms with Crippen LogP contribution >= 0.6 is 27.7 Å². The molecule has 0 radical (unpaired) electrons. The third-order valence-electron chi connectivity index (χ3n) is 1.73. The van der Waals surface area contributed by atoms with Crippen LogP contribution in [-0.4, -0.2) is 0 Å². The highest BCUT2D eigenvalue weighted by atomic mass is 31.0. The van der Waals surface area contributed by atoms with Crippen molar-refractivity contribution in [3.05, 3.63) is 17.2 Å². The van der Waals surface area contributed by atoms with Gasteiger partial charge in [-0.2, -0.15) is 0 Å². The predicted molar refractivity (Wildman–Crippen MR) is 59.1 cm³/mol. The van der Waals surface area contributed by atoms with Crippen molar-refractivity contribution in [3.63, 3.8) is 0 Å². The van der Waals surface area contributed by atoms with Gasteiger partial charge in [0.25, 0.3) is 0 Å². The molecule has 12 heavy (non-hydrogen) atoms. The van der Waals surface area contributed by atoms with Crippen molar-refractivity contribution in [2.45, 2.75) is 6.92 Å². The standard InChI is InChI=1S/C7H9F2P3/c1-2-3(8)6(11)4(9)7(12)5(2)10/h10-12H2,1H3. The largest absolute Gasteiger partial charge is 0.206 e. The lowest BCUT2D eigenvalue weighted by molar-refractivity contribution is 0.600. The molecule has 0 saturated carbocycles. The molecule has 0 heterocycles. The molecule has 0 amide bonds. The minimum atomic E-state index is -0.516. The first-order valence-corrected chi connectivity index (χ1v) is 4.98. The van der Waals surface area contributed by atoms with Crippen molar-refractivity contribution in [2.75, 3.05) is 0 Å². The molecule has 0 aliphatic heterocycles. The first-order chi connectivity index (χ1) is 5.46. The maximum atomic E-state index is 13.1. The van der Waals surface area contributed by atoms with E-state index in [-0.39, 0.29) is 5.30 Å². The van der Waals surface area contributed by atoms with E-state index in [4.69, 9.17) is 0 Å². The zero-order chi connectivity index (χ0) is 9.46. The van der Waals surface area contributed by atoms with E-state index in [0.29, 0.717) is 16.2 Å². The Balaban J connectivity index is 3.60. The van der Waals surface area contributed by atoms with Crippen LogP contribution in [0, 0.1) is 18.6 Å². The molecule has 0 aliphatic rings. The summed E-state index contributed by atoms with van der Waals surface area (Å²) in [6, 6.07) is 0. The second kappa shape index (κ2) is 3.62. The summed E-state index contributed by atoms with van der Waals surface area (Å²) in [6.45, 7) is 1.62. The Labute approximate surface area is 77.1 Å². The van der Waals surface area contributed by atoms with Gasteiger partial charge in [0.05, 0.1) is 0 Å². The Kier molecular flexibility index (Phi) is 3.16. The van der Waals surface area contributed by atoms with Crippen LogP contribution < -0.4 is 15.9 Å². The van der Waals surface area contributed by atoms with Gasteiger partial charge in [-0.1, -0.05) is 9.24 Å². The van der Waals surface area contributed by atoms with Crippen LogP contribution in [0.15, 0.2) is 0 Å². The fraction of sp³-hybridized carbons (Fsp3) is 0.143. The maximum Gasteiger partial charge on any atom is 0.141 e. The van der Waals surface area contributed by atoms with Gasteiger partial charge in [-0.05, 0) is 17.8 Å². The molecule has 0 nitrogen and oxygen atoms in total. The van der Waals surface area contributed by atoms with E-state index in [1.807, 2.05) is 0 Å². The summed E-state index contributed by atoms with van der Waals surface area (Å²) in [4.78, 5) is 0. The maximum absolute atomic E-state index is 13.1. The number of hydrogen-bond donors (Lipinski definition) is 0. The van der Waals surface area contributed by atoms with E-state index in [1.165, 1.54) is 0 Å². The average molecular weight is 224 g/mol. The summed E-state index contributed by atoms with van der Waals surface area (Å²) < 4.78 is 26.3. The van der Waals surface area contributed by atoms with Crippen LogP contribution in [0.25, 0.3) is 0 Å². The third-order valence-corrected chi connectivity index (χ3v) is 3.88. The molecule has 1 aromatic rings. The fourth-order valence-corrected chi connectivity index (χ4v) is 2.05. The second-order valence-electron chi connectivity index (χ2n) is 2.49. The van der Waals surface area contributed by atoms with Crippen LogP contribution in [0.1, 0.15) is 5.56 Å². The Hall–Kier alpha value is 0.370. The molecule has 0 aliphatic carbocycles. The molecule has 0 spiro atoms. The Bertz CT molecular complexity index is 231. The van der Waals surface area contributed by atoms with E-state index in [1.54, 1.807) is 6.92 Å². The van der Waals surface area contributed by atoms with Crippen LogP contribution in [0.5, 0.6) is 0 Å². The van der Waals surface area contributed by atoms with E-state index in [9.17, 15) is 8.78 Å². The second-order valence-corrected chi connectivity index (χ2v) is 4.23. The molecule has 0 aromatic heterocycles. The van der Waals surface area contributed by atoms with Gasteiger partial charge >= 0.3 is 0 Å². The minimum absolute atomic E-state index is 0.00343. The molecular weight excluding hydrogens is 215 g/mol. The SMILES string of the molecule is Cc1c(F)c(P)c(F)c(P)c1P. The zero-order valence-electron chi connectivity index (χ0n) is 6.49. The quantitative estimate of drug-likeness (QED) is 0.571. The topological polar surface area (TPSA) is 0 Å². The van der Waals surface area contributed by atoms with Crippen molar-refractivity contribution in [1.82, 2.24) is 0 Å². The highest BCUT2D eigenvalue weighted by Gasteiger charge is 2.14. The number of hydrogen-bond acceptors (Lipinski definition) is 0.